The number of ether oxygens (including phenoxy) is 1. The second-order valence-corrected chi connectivity index (χ2v) is 5.76. The monoisotopic (exact) mass is 304 g/mol. The lowest BCUT2D eigenvalue weighted by atomic mass is 10.2. The average Bonchev–Trinajstić information content (AvgIpc) is 2.62. The Hall–Kier alpha value is -1.66. The molecule has 120 valence electrons. The van der Waals surface area contributed by atoms with Gasteiger partial charge in [-0.2, -0.15) is 0 Å². The summed E-state index contributed by atoms with van der Waals surface area (Å²) in [5.41, 5.74) is 1.73. The molecule has 2 saturated heterocycles. The maximum atomic E-state index is 12.5. The van der Waals surface area contributed by atoms with Crippen LogP contribution in [0.2, 0.25) is 0 Å². The number of rotatable bonds is 3. The molecule has 0 N–H and O–H groups in total. The van der Waals surface area contributed by atoms with Crippen LogP contribution in [-0.2, 0) is 4.74 Å². The number of carbonyl (C=O) groups is 1. The molecule has 2 fully saturated rings. The third kappa shape index (κ3) is 3.39. The van der Waals surface area contributed by atoms with Gasteiger partial charge in [0, 0.05) is 45.5 Å². The second kappa shape index (κ2) is 7.07. The molecule has 0 aromatic carbocycles. The lowest BCUT2D eigenvalue weighted by molar-refractivity contribution is 0.0302. The molecule has 2 aliphatic heterocycles. The third-order valence-electron chi connectivity index (χ3n) is 4.45. The smallest absolute Gasteiger partial charge is 0.255 e. The molecule has 1 aromatic rings. The summed E-state index contributed by atoms with van der Waals surface area (Å²) in [6.07, 6.45) is 3.53. The molecule has 1 amide bonds. The summed E-state index contributed by atoms with van der Waals surface area (Å²) in [4.78, 5) is 23.4. The van der Waals surface area contributed by atoms with Crippen LogP contribution in [0.15, 0.2) is 18.5 Å². The zero-order valence-electron chi connectivity index (χ0n) is 13.2. The fourth-order valence-electron chi connectivity index (χ4n) is 2.99. The van der Waals surface area contributed by atoms with Gasteiger partial charge in [0.2, 0.25) is 0 Å². The molecule has 3 rings (SSSR count). The van der Waals surface area contributed by atoms with Crippen molar-refractivity contribution < 1.29 is 9.53 Å². The molecule has 0 bridgehead atoms. The second-order valence-electron chi connectivity index (χ2n) is 5.76. The lowest BCUT2D eigenvalue weighted by Gasteiger charge is -2.35. The summed E-state index contributed by atoms with van der Waals surface area (Å²) in [6, 6.07) is 1.98. The molecule has 0 saturated carbocycles. The molecule has 1 aromatic heterocycles. The topological polar surface area (TPSA) is 48.9 Å². The van der Waals surface area contributed by atoms with Crippen LogP contribution in [0.5, 0.6) is 0 Å². The summed E-state index contributed by atoms with van der Waals surface area (Å²) >= 11 is 0. The lowest BCUT2D eigenvalue weighted by Crippen LogP contribution is -2.46. The first-order valence-corrected chi connectivity index (χ1v) is 8.07. The minimum absolute atomic E-state index is 0.0600. The number of carbonyl (C=O) groups excluding carboxylic acids is 1. The quantitative estimate of drug-likeness (QED) is 0.822. The Morgan fingerprint density at radius 1 is 1.14 bits per heavy atom. The molecule has 0 radical (unpaired) electrons. The van der Waals surface area contributed by atoms with Crippen LogP contribution >= 0.6 is 0 Å². The number of morpholine rings is 1. The molecular formula is C16H24N4O2. The Morgan fingerprint density at radius 3 is 2.55 bits per heavy atom. The van der Waals surface area contributed by atoms with Crippen LogP contribution in [0.4, 0.5) is 5.69 Å². The molecule has 6 heteroatoms. The van der Waals surface area contributed by atoms with Crippen molar-refractivity contribution in [3.8, 4) is 0 Å². The highest BCUT2D eigenvalue weighted by Crippen LogP contribution is 2.18. The molecule has 2 aliphatic rings. The van der Waals surface area contributed by atoms with Gasteiger partial charge in [-0.25, -0.2) is 0 Å². The van der Waals surface area contributed by atoms with E-state index in [1.807, 2.05) is 17.2 Å². The number of piperazine rings is 1. The van der Waals surface area contributed by atoms with Gasteiger partial charge in [0.25, 0.3) is 5.91 Å². The van der Waals surface area contributed by atoms with Crippen molar-refractivity contribution in [1.29, 1.82) is 0 Å². The third-order valence-corrected chi connectivity index (χ3v) is 4.45. The largest absolute Gasteiger partial charge is 0.378 e. The Labute approximate surface area is 131 Å². The van der Waals surface area contributed by atoms with Crippen molar-refractivity contribution in [2.75, 3.05) is 63.9 Å². The van der Waals surface area contributed by atoms with Crippen LogP contribution in [0.1, 0.15) is 17.3 Å². The number of pyridine rings is 1. The number of aromatic nitrogens is 1. The molecule has 3 heterocycles. The predicted octanol–water partition coefficient (Wildman–Crippen LogP) is 0.696. The average molecular weight is 304 g/mol. The minimum atomic E-state index is 0.0600. The first-order chi connectivity index (χ1) is 10.8. The number of amides is 1. The molecule has 0 unspecified atom stereocenters. The fourth-order valence-corrected chi connectivity index (χ4v) is 2.99. The highest BCUT2D eigenvalue weighted by molar-refractivity contribution is 5.94. The molecule has 6 nitrogen and oxygen atoms in total. The summed E-state index contributed by atoms with van der Waals surface area (Å²) in [7, 11) is 0. The van der Waals surface area contributed by atoms with Gasteiger partial charge in [0.15, 0.2) is 0 Å². The van der Waals surface area contributed by atoms with Gasteiger partial charge in [-0.15, -0.1) is 0 Å². The van der Waals surface area contributed by atoms with Gasteiger partial charge >= 0.3 is 0 Å². The fraction of sp³-hybridized carbons (Fsp3) is 0.625. The summed E-state index contributed by atoms with van der Waals surface area (Å²) in [6.45, 7) is 9.98. The molecular weight excluding hydrogens is 280 g/mol. The van der Waals surface area contributed by atoms with E-state index in [0.29, 0.717) is 31.9 Å². The van der Waals surface area contributed by atoms with Crippen LogP contribution in [0, 0.1) is 0 Å². The summed E-state index contributed by atoms with van der Waals surface area (Å²) in [5.74, 6) is 0.0600. The number of hydrogen-bond acceptors (Lipinski definition) is 5. The SMILES string of the molecule is CCN1CCN(c2cncc(C(=O)N3CCOCC3)c2)CC1. The standard InChI is InChI=1S/C16H24N4O2/c1-2-18-3-5-19(6-4-18)15-11-14(12-17-13-15)16(21)20-7-9-22-10-8-20/h11-13H,2-10H2,1H3. The molecule has 0 atom stereocenters. The molecule has 0 aliphatic carbocycles. The number of hydrogen-bond donors (Lipinski definition) is 0. The van der Waals surface area contributed by atoms with Gasteiger partial charge in [0.1, 0.15) is 0 Å². The van der Waals surface area contributed by atoms with Gasteiger partial charge in [-0.05, 0) is 12.6 Å². The first kappa shape index (κ1) is 15.2. The van der Waals surface area contributed by atoms with Crippen molar-refractivity contribution in [3.05, 3.63) is 24.0 Å². The number of nitrogens with zero attached hydrogens (tertiary/aromatic N) is 4. The Balaban J connectivity index is 1.68. The van der Waals surface area contributed by atoms with Crippen LogP contribution in [0.25, 0.3) is 0 Å². The van der Waals surface area contributed by atoms with Crippen LogP contribution in [0.3, 0.4) is 0 Å². The zero-order chi connectivity index (χ0) is 15.4. The molecule has 22 heavy (non-hydrogen) atoms. The Kier molecular flexibility index (Phi) is 4.90. The van der Waals surface area contributed by atoms with Gasteiger partial charge in [-0.3, -0.25) is 9.78 Å². The first-order valence-electron chi connectivity index (χ1n) is 8.07. The minimum Gasteiger partial charge on any atom is -0.378 e. The Morgan fingerprint density at radius 2 is 1.86 bits per heavy atom. The summed E-state index contributed by atoms with van der Waals surface area (Å²) < 4.78 is 5.30. The van der Waals surface area contributed by atoms with E-state index in [-0.39, 0.29) is 5.91 Å². The number of likely N-dealkylation sites (N-methyl/N-ethyl adjacent to an activating group) is 1. The van der Waals surface area contributed by atoms with E-state index in [2.05, 4.69) is 21.7 Å². The van der Waals surface area contributed by atoms with E-state index in [0.717, 1.165) is 38.4 Å². The van der Waals surface area contributed by atoms with Crippen LogP contribution in [-0.4, -0.2) is 79.7 Å². The molecule has 0 spiro atoms. The van der Waals surface area contributed by atoms with E-state index >= 15 is 0 Å². The van der Waals surface area contributed by atoms with Crippen molar-refractivity contribution in [1.82, 2.24) is 14.8 Å². The van der Waals surface area contributed by atoms with E-state index in [1.54, 1.807) is 6.20 Å². The Bertz CT molecular complexity index is 509. The van der Waals surface area contributed by atoms with Crippen molar-refractivity contribution in [2.24, 2.45) is 0 Å². The van der Waals surface area contributed by atoms with E-state index in [4.69, 9.17) is 4.74 Å². The normalized spacial score (nSPS) is 20.2. The van der Waals surface area contributed by atoms with Gasteiger partial charge in [-0.1, -0.05) is 6.92 Å². The van der Waals surface area contributed by atoms with Crippen molar-refractivity contribution in [2.45, 2.75) is 6.92 Å². The zero-order valence-corrected chi connectivity index (χ0v) is 13.2. The highest BCUT2D eigenvalue weighted by Gasteiger charge is 2.21. The van der Waals surface area contributed by atoms with Gasteiger partial charge < -0.3 is 19.4 Å². The van der Waals surface area contributed by atoms with E-state index in [9.17, 15) is 4.79 Å². The predicted molar refractivity (Wildman–Crippen MR) is 85.3 cm³/mol. The maximum absolute atomic E-state index is 12.5. The van der Waals surface area contributed by atoms with E-state index in [1.165, 1.54) is 0 Å². The van der Waals surface area contributed by atoms with Crippen molar-refractivity contribution in [3.63, 3.8) is 0 Å². The highest BCUT2D eigenvalue weighted by atomic mass is 16.5. The van der Waals surface area contributed by atoms with E-state index < -0.39 is 0 Å². The maximum Gasteiger partial charge on any atom is 0.255 e. The summed E-state index contributed by atoms with van der Waals surface area (Å²) in [5, 5.41) is 0. The van der Waals surface area contributed by atoms with Gasteiger partial charge in [0.05, 0.1) is 30.7 Å². The van der Waals surface area contributed by atoms with Crippen molar-refractivity contribution >= 4 is 11.6 Å². The number of anilines is 1. The van der Waals surface area contributed by atoms with Crippen LogP contribution < -0.4 is 4.90 Å².